The number of Topliss-reactive ketones (excluding diaryl/α,β-unsaturated/α-hetero) is 1. The van der Waals surface area contributed by atoms with Crippen LogP contribution in [0.5, 0.6) is 0 Å². The summed E-state index contributed by atoms with van der Waals surface area (Å²) in [6.07, 6.45) is 2.39. The molecule has 8 heteroatoms. The number of aromatic amines is 1. The molecule has 0 bridgehead atoms. The van der Waals surface area contributed by atoms with Crippen molar-refractivity contribution in [3.8, 4) is 0 Å². The molecule has 1 saturated heterocycles. The number of amides is 2. The second-order valence-corrected chi connectivity index (χ2v) is 6.92. The number of fused-ring (bicyclic) bond motifs is 1. The zero-order valence-electron chi connectivity index (χ0n) is 15.8. The number of benzene rings is 1. The molecule has 29 heavy (non-hydrogen) atoms. The van der Waals surface area contributed by atoms with Crippen molar-refractivity contribution in [3.05, 3.63) is 65.4 Å². The van der Waals surface area contributed by atoms with Gasteiger partial charge >= 0.3 is 0 Å². The minimum Gasteiger partial charge on any atom is -0.359 e. The van der Waals surface area contributed by atoms with Gasteiger partial charge in [0.1, 0.15) is 0 Å². The van der Waals surface area contributed by atoms with Crippen LogP contribution in [0.3, 0.4) is 0 Å². The van der Waals surface area contributed by atoms with Crippen LogP contribution in [0.2, 0.25) is 0 Å². The van der Waals surface area contributed by atoms with Gasteiger partial charge in [0.05, 0.1) is 28.4 Å². The zero-order chi connectivity index (χ0) is 20.5. The Morgan fingerprint density at radius 3 is 2.38 bits per heavy atom. The van der Waals surface area contributed by atoms with E-state index >= 15 is 0 Å². The van der Waals surface area contributed by atoms with Crippen molar-refractivity contribution in [1.82, 2.24) is 19.8 Å². The first-order valence-corrected chi connectivity index (χ1v) is 9.27. The van der Waals surface area contributed by atoms with Gasteiger partial charge in [0.25, 0.3) is 17.6 Å². The highest BCUT2D eigenvalue weighted by atomic mass is 19.1. The maximum absolute atomic E-state index is 14.2. The molecule has 1 fully saturated rings. The van der Waals surface area contributed by atoms with Crippen LogP contribution < -0.4 is 0 Å². The second kappa shape index (κ2) is 7.46. The zero-order valence-corrected chi connectivity index (χ0v) is 15.8. The number of piperazine rings is 1. The van der Waals surface area contributed by atoms with Gasteiger partial charge in [0.2, 0.25) is 0 Å². The molecule has 7 nitrogen and oxygen atoms in total. The Morgan fingerprint density at radius 2 is 1.69 bits per heavy atom. The smallest absolute Gasteiger partial charge is 0.295 e. The highest BCUT2D eigenvalue weighted by molar-refractivity contribution is 6.44. The summed E-state index contributed by atoms with van der Waals surface area (Å²) in [5, 5.41) is 0.0775. The van der Waals surface area contributed by atoms with Gasteiger partial charge in [-0.3, -0.25) is 19.4 Å². The third-order valence-electron chi connectivity index (χ3n) is 5.17. The Bertz CT molecular complexity index is 1100. The first-order valence-electron chi connectivity index (χ1n) is 9.27. The number of carbonyl (C=O) groups is 3. The average molecular weight is 394 g/mol. The SMILES string of the molecule is Cc1ncc(F)c2c(C(=O)C(=O)N3CCN(C(=O)c4ccccc4)CC3)c[nH]c12. The van der Waals surface area contributed by atoms with Crippen LogP contribution in [0.1, 0.15) is 26.4 Å². The molecule has 0 atom stereocenters. The number of ketones is 1. The lowest BCUT2D eigenvalue weighted by Crippen LogP contribution is -2.52. The quantitative estimate of drug-likeness (QED) is 0.545. The minimum absolute atomic E-state index is 0.00390. The van der Waals surface area contributed by atoms with E-state index in [2.05, 4.69) is 9.97 Å². The molecule has 3 aromatic rings. The van der Waals surface area contributed by atoms with Crippen molar-refractivity contribution >= 4 is 28.5 Å². The molecular weight excluding hydrogens is 375 g/mol. The standard InChI is InChI=1S/C21H19FN4O3/c1-13-18-17(16(22)12-23-13)15(11-24-18)19(27)21(29)26-9-7-25(8-10-26)20(28)14-5-3-2-4-6-14/h2-6,11-12,24H,7-10H2,1H3. The maximum atomic E-state index is 14.2. The molecule has 0 radical (unpaired) electrons. The van der Waals surface area contributed by atoms with Gasteiger partial charge in [-0.25, -0.2) is 4.39 Å². The molecule has 1 N–H and O–H groups in total. The minimum atomic E-state index is -0.774. The summed E-state index contributed by atoms with van der Waals surface area (Å²) in [6, 6.07) is 8.91. The van der Waals surface area contributed by atoms with Crippen LogP contribution in [0.4, 0.5) is 4.39 Å². The fourth-order valence-electron chi connectivity index (χ4n) is 3.55. The van der Waals surface area contributed by atoms with Crippen molar-refractivity contribution in [2.75, 3.05) is 26.2 Å². The number of nitrogens with zero attached hydrogens (tertiary/aromatic N) is 3. The number of nitrogens with one attached hydrogen (secondary N) is 1. The number of aromatic nitrogens is 2. The fraction of sp³-hybridized carbons (Fsp3) is 0.238. The molecular formula is C21H19FN4O3. The van der Waals surface area contributed by atoms with Crippen LogP contribution in [0.15, 0.2) is 42.7 Å². The maximum Gasteiger partial charge on any atom is 0.295 e. The van der Waals surface area contributed by atoms with Crippen LogP contribution in [0, 0.1) is 12.7 Å². The van der Waals surface area contributed by atoms with Crippen molar-refractivity contribution < 1.29 is 18.8 Å². The molecule has 148 valence electrons. The van der Waals surface area contributed by atoms with E-state index in [1.165, 1.54) is 11.1 Å². The van der Waals surface area contributed by atoms with Crippen LogP contribution in [-0.4, -0.2) is 63.5 Å². The number of hydrogen-bond acceptors (Lipinski definition) is 4. The van der Waals surface area contributed by atoms with Gasteiger partial charge in [-0.05, 0) is 19.1 Å². The van der Waals surface area contributed by atoms with E-state index in [9.17, 15) is 18.8 Å². The Kier molecular flexibility index (Phi) is 4.84. The molecule has 0 aliphatic carbocycles. The highest BCUT2D eigenvalue weighted by Crippen LogP contribution is 2.24. The lowest BCUT2D eigenvalue weighted by atomic mass is 10.1. The predicted octanol–water partition coefficient (Wildman–Crippen LogP) is 2.18. The summed E-state index contributed by atoms with van der Waals surface area (Å²) in [5.41, 5.74) is 1.53. The van der Waals surface area contributed by atoms with Crippen molar-refractivity contribution in [2.45, 2.75) is 6.92 Å². The van der Waals surface area contributed by atoms with Gasteiger partial charge in [-0.15, -0.1) is 0 Å². The number of aryl methyl sites for hydroxylation is 1. The average Bonchev–Trinajstić information content (AvgIpc) is 3.22. The van der Waals surface area contributed by atoms with E-state index in [-0.39, 0.29) is 29.9 Å². The van der Waals surface area contributed by atoms with E-state index in [0.29, 0.717) is 29.9 Å². The summed E-state index contributed by atoms with van der Waals surface area (Å²) in [4.78, 5) is 47.8. The summed E-state index contributed by atoms with van der Waals surface area (Å²) in [7, 11) is 0. The Labute approximate surface area is 166 Å². The van der Waals surface area contributed by atoms with Crippen LogP contribution >= 0.6 is 0 Å². The van der Waals surface area contributed by atoms with Gasteiger partial charge in [0, 0.05) is 37.9 Å². The second-order valence-electron chi connectivity index (χ2n) is 6.92. The van der Waals surface area contributed by atoms with E-state index in [4.69, 9.17) is 0 Å². The Morgan fingerprint density at radius 1 is 1.03 bits per heavy atom. The number of rotatable bonds is 3. The van der Waals surface area contributed by atoms with Crippen LogP contribution in [0.25, 0.3) is 10.9 Å². The summed E-state index contributed by atoms with van der Waals surface area (Å²) in [5.74, 6) is -2.23. The van der Waals surface area contributed by atoms with Crippen molar-refractivity contribution in [1.29, 1.82) is 0 Å². The molecule has 0 saturated carbocycles. The molecule has 0 unspecified atom stereocenters. The van der Waals surface area contributed by atoms with Gasteiger partial charge in [0.15, 0.2) is 5.82 Å². The lowest BCUT2D eigenvalue weighted by molar-refractivity contribution is -0.127. The van der Waals surface area contributed by atoms with Crippen molar-refractivity contribution in [2.24, 2.45) is 0 Å². The summed E-state index contributed by atoms with van der Waals surface area (Å²) < 4.78 is 14.2. The first-order chi connectivity index (χ1) is 14.0. The normalized spacial score (nSPS) is 14.3. The van der Waals surface area contributed by atoms with E-state index in [1.807, 2.05) is 6.07 Å². The summed E-state index contributed by atoms with van der Waals surface area (Å²) in [6.45, 7) is 2.84. The third kappa shape index (κ3) is 3.37. The number of H-pyrrole nitrogens is 1. The highest BCUT2D eigenvalue weighted by Gasteiger charge is 2.30. The number of carbonyl (C=O) groups excluding carboxylic acids is 3. The monoisotopic (exact) mass is 394 g/mol. The largest absolute Gasteiger partial charge is 0.359 e. The molecule has 2 aromatic heterocycles. The molecule has 0 spiro atoms. The molecule has 4 rings (SSSR count). The predicted molar refractivity (Wildman–Crippen MR) is 104 cm³/mol. The number of halogens is 1. The molecule has 1 aliphatic heterocycles. The first kappa shape index (κ1) is 18.8. The Balaban J connectivity index is 1.47. The van der Waals surface area contributed by atoms with Gasteiger partial charge < -0.3 is 14.8 Å². The topological polar surface area (TPSA) is 86.4 Å². The van der Waals surface area contributed by atoms with Gasteiger partial charge in [-0.1, -0.05) is 18.2 Å². The van der Waals surface area contributed by atoms with Crippen LogP contribution in [-0.2, 0) is 4.79 Å². The Hall–Kier alpha value is -3.55. The molecule has 1 aliphatic rings. The number of hydrogen-bond donors (Lipinski definition) is 1. The summed E-state index contributed by atoms with van der Waals surface area (Å²) >= 11 is 0. The van der Waals surface area contributed by atoms with Crippen molar-refractivity contribution in [3.63, 3.8) is 0 Å². The fourth-order valence-corrected chi connectivity index (χ4v) is 3.55. The van der Waals surface area contributed by atoms with E-state index in [1.54, 1.807) is 36.1 Å². The van der Waals surface area contributed by atoms with E-state index in [0.717, 1.165) is 6.20 Å². The molecule has 1 aromatic carbocycles. The molecule has 2 amide bonds. The molecule has 3 heterocycles. The third-order valence-corrected chi connectivity index (χ3v) is 5.17. The van der Waals surface area contributed by atoms with E-state index < -0.39 is 17.5 Å². The lowest BCUT2D eigenvalue weighted by Gasteiger charge is -2.34. The van der Waals surface area contributed by atoms with Gasteiger partial charge in [-0.2, -0.15) is 0 Å². The number of pyridine rings is 1.